The fourth-order valence-electron chi connectivity index (χ4n) is 1.76. The van der Waals surface area contributed by atoms with E-state index in [1.54, 1.807) is 30.3 Å². The zero-order valence-corrected chi connectivity index (χ0v) is 9.38. The van der Waals surface area contributed by atoms with Gasteiger partial charge in [0, 0.05) is 12.7 Å². The van der Waals surface area contributed by atoms with Gasteiger partial charge in [0.05, 0.1) is 30.0 Å². The average molecular weight is 235 g/mol. The van der Waals surface area contributed by atoms with Gasteiger partial charge in [-0.25, -0.2) is 0 Å². The van der Waals surface area contributed by atoms with Gasteiger partial charge in [-0.3, -0.25) is 14.6 Å². The molecule has 90 valence electrons. The zero-order chi connectivity index (χ0) is 12.4. The number of amides is 1. The lowest BCUT2D eigenvalue weighted by molar-refractivity contribution is -0.140. The van der Waals surface area contributed by atoms with Crippen LogP contribution in [0.15, 0.2) is 18.5 Å². The maximum atomic E-state index is 11.5. The van der Waals surface area contributed by atoms with Crippen LogP contribution < -0.4 is 10.2 Å². The van der Waals surface area contributed by atoms with Crippen LogP contribution in [0.5, 0.6) is 0 Å². The first-order valence-electron chi connectivity index (χ1n) is 5.29. The topological polar surface area (TPSA) is 82.5 Å². The van der Waals surface area contributed by atoms with Crippen molar-refractivity contribution in [3.8, 4) is 0 Å². The smallest absolute Gasteiger partial charge is 0.308 e. The second kappa shape index (κ2) is 4.40. The van der Waals surface area contributed by atoms with E-state index >= 15 is 0 Å². The number of pyridine rings is 1. The quantitative estimate of drug-likeness (QED) is 0.800. The number of anilines is 2. The molecule has 1 aromatic rings. The lowest BCUT2D eigenvalue weighted by atomic mass is 10.1. The van der Waals surface area contributed by atoms with E-state index < -0.39 is 11.9 Å². The monoisotopic (exact) mass is 235 g/mol. The van der Waals surface area contributed by atoms with Gasteiger partial charge in [0.1, 0.15) is 0 Å². The maximum Gasteiger partial charge on any atom is 0.308 e. The molecule has 0 radical (unpaired) electrons. The molecule has 2 heterocycles. The standard InChI is InChI=1S/C11H13N3O3/c1-7(11(16)17)5-14-6-10(15)13-8-2-3-12-4-9(8)14/h2-4,7H,5-6H2,1H3,(H,13,15)(H,16,17). The molecule has 1 atom stereocenters. The number of hydrogen-bond donors (Lipinski definition) is 2. The SMILES string of the molecule is CC(CN1CC(=O)Nc2ccncc21)C(=O)O. The molecule has 2 N–H and O–H groups in total. The minimum absolute atomic E-state index is 0.138. The third-order valence-electron chi connectivity index (χ3n) is 2.67. The minimum atomic E-state index is -0.874. The third-order valence-corrected chi connectivity index (χ3v) is 2.67. The molecule has 0 aliphatic carbocycles. The van der Waals surface area contributed by atoms with Gasteiger partial charge in [-0.1, -0.05) is 6.92 Å². The van der Waals surface area contributed by atoms with Gasteiger partial charge in [0.2, 0.25) is 5.91 Å². The number of aromatic nitrogens is 1. The van der Waals surface area contributed by atoms with Crippen molar-refractivity contribution in [2.75, 3.05) is 23.3 Å². The Morgan fingerprint density at radius 1 is 1.71 bits per heavy atom. The summed E-state index contributed by atoms with van der Waals surface area (Å²) in [7, 11) is 0. The summed E-state index contributed by atoms with van der Waals surface area (Å²) in [5.74, 6) is -1.54. The molecule has 1 aliphatic heterocycles. The van der Waals surface area contributed by atoms with Crippen LogP contribution in [-0.4, -0.2) is 35.1 Å². The molecule has 0 saturated heterocycles. The Balaban J connectivity index is 2.24. The molecule has 6 nitrogen and oxygen atoms in total. The van der Waals surface area contributed by atoms with E-state index in [1.807, 2.05) is 0 Å². The molecule has 0 spiro atoms. The summed E-state index contributed by atoms with van der Waals surface area (Å²) < 4.78 is 0. The van der Waals surface area contributed by atoms with Crippen LogP contribution >= 0.6 is 0 Å². The highest BCUT2D eigenvalue weighted by Gasteiger charge is 2.25. The van der Waals surface area contributed by atoms with Crippen molar-refractivity contribution in [1.82, 2.24) is 4.98 Å². The van der Waals surface area contributed by atoms with E-state index in [4.69, 9.17) is 5.11 Å². The van der Waals surface area contributed by atoms with E-state index in [0.29, 0.717) is 12.2 Å². The molecular weight excluding hydrogens is 222 g/mol. The number of fused-ring (bicyclic) bond motifs is 1. The molecule has 0 aromatic carbocycles. The van der Waals surface area contributed by atoms with E-state index in [-0.39, 0.29) is 12.5 Å². The molecule has 6 heteroatoms. The lowest BCUT2D eigenvalue weighted by Crippen LogP contribution is -2.41. The first-order valence-corrected chi connectivity index (χ1v) is 5.29. The molecule has 1 aromatic heterocycles. The van der Waals surface area contributed by atoms with Crippen LogP contribution in [-0.2, 0) is 9.59 Å². The van der Waals surface area contributed by atoms with Gasteiger partial charge < -0.3 is 15.3 Å². The summed E-state index contributed by atoms with van der Waals surface area (Å²) in [6.45, 7) is 2.07. The van der Waals surface area contributed by atoms with E-state index in [0.717, 1.165) is 5.69 Å². The number of carboxylic acid groups (broad SMARTS) is 1. The van der Waals surface area contributed by atoms with Gasteiger partial charge in [0.15, 0.2) is 0 Å². The van der Waals surface area contributed by atoms with Gasteiger partial charge in [-0.15, -0.1) is 0 Å². The Bertz CT molecular complexity index is 461. The van der Waals surface area contributed by atoms with Gasteiger partial charge in [0.25, 0.3) is 0 Å². The molecular formula is C11H13N3O3. The number of aliphatic carboxylic acids is 1. The Morgan fingerprint density at radius 3 is 3.18 bits per heavy atom. The van der Waals surface area contributed by atoms with Crippen LogP contribution in [0.1, 0.15) is 6.92 Å². The summed E-state index contributed by atoms with van der Waals surface area (Å²) in [6, 6.07) is 1.70. The van der Waals surface area contributed by atoms with Crippen molar-refractivity contribution in [1.29, 1.82) is 0 Å². The molecule has 1 unspecified atom stereocenters. The fourth-order valence-corrected chi connectivity index (χ4v) is 1.76. The van der Waals surface area contributed by atoms with E-state index in [1.165, 1.54) is 0 Å². The number of carbonyl (C=O) groups excluding carboxylic acids is 1. The molecule has 1 amide bonds. The maximum absolute atomic E-state index is 11.5. The fraction of sp³-hybridized carbons (Fsp3) is 0.364. The van der Waals surface area contributed by atoms with Crippen molar-refractivity contribution < 1.29 is 14.7 Å². The first-order chi connectivity index (χ1) is 8.08. The summed E-state index contributed by atoms with van der Waals surface area (Å²) in [5, 5.41) is 11.6. The summed E-state index contributed by atoms with van der Waals surface area (Å²) in [4.78, 5) is 28.0. The van der Waals surface area contributed by atoms with Crippen molar-refractivity contribution in [2.45, 2.75) is 6.92 Å². The predicted octanol–water partition coefficient (Wildman–Crippen LogP) is 0.561. The molecule has 0 fully saturated rings. The van der Waals surface area contributed by atoms with E-state index in [9.17, 15) is 9.59 Å². The van der Waals surface area contributed by atoms with Gasteiger partial charge >= 0.3 is 5.97 Å². The molecule has 17 heavy (non-hydrogen) atoms. The molecule has 2 rings (SSSR count). The second-order valence-electron chi connectivity index (χ2n) is 4.06. The van der Waals surface area contributed by atoms with Crippen LogP contribution in [0.3, 0.4) is 0 Å². The highest BCUT2D eigenvalue weighted by atomic mass is 16.4. The number of nitrogens with one attached hydrogen (secondary N) is 1. The van der Waals surface area contributed by atoms with Crippen molar-refractivity contribution in [3.63, 3.8) is 0 Å². The van der Waals surface area contributed by atoms with Gasteiger partial charge in [-0.05, 0) is 6.07 Å². The van der Waals surface area contributed by atoms with Crippen molar-refractivity contribution in [3.05, 3.63) is 18.5 Å². The Kier molecular flexibility index (Phi) is 2.95. The zero-order valence-electron chi connectivity index (χ0n) is 9.38. The number of carboxylic acids is 1. The molecule has 1 aliphatic rings. The summed E-state index contributed by atoms with van der Waals surface area (Å²) in [6.07, 6.45) is 3.21. The summed E-state index contributed by atoms with van der Waals surface area (Å²) in [5.41, 5.74) is 1.44. The number of hydrogen-bond acceptors (Lipinski definition) is 4. The Labute approximate surface area is 98.3 Å². The summed E-state index contributed by atoms with van der Waals surface area (Å²) >= 11 is 0. The average Bonchev–Trinajstić information content (AvgIpc) is 2.28. The van der Waals surface area contributed by atoms with Crippen LogP contribution in [0.4, 0.5) is 11.4 Å². The Morgan fingerprint density at radius 2 is 2.47 bits per heavy atom. The first kappa shape index (κ1) is 11.4. The largest absolute Gasteiger partial charge is 0.481 e. The highest BCUT2D eigenvalue weighted by molar-refractivity contribution is 6.00. The normalized spacial score (nSPS) is 16.1. The highest BCUT2D eigenvalue weighted by Crippen LogP contribution is 2.28. The van der Waals surface area contributed by atoms with Crippen LogP contribution in [0.2, 0.25) is 0 Å². The van der Waals surface area contributed by atoms with Gasteiger partial charge in [-0.2, -0.15) is 0 Å². The predicted molar refractivity (Wildman–Crippen MR) is 61.9 cm³/mol. The minimum Gasteiger partial charge on any atom is -0.481 e. The lowest BCUT2D eigenvalue weighted by Gasteiger charge is -2.31. The van der Waals surface area contributed by atoms with Crippen LogP contribution in [0, 0.1) is 5.92 Å². The number of rotatable bonds is 3. The Hall–Kier alpha value is -2.11. The second-order valence-corrected chi connectivity index (χ2v) is 4.06. The number of nitrogens with zero attached hydrogens (tertiary/aromatic N) is 2. The molecule has 0 bridgehead atoms. The van der Waals surface area contributed by atoms with Crippen molar-refractivity contribution >= 4 is 23.3 Å². The molecule has 0 saturated carbocycles. The van der Waals surface area contributed by atoms with Crippen LogP contribution in [0.25, 0.3) is 0 Å². The third kappa shape index (κ3) is 2.35. The van der Waals surface area contributed by atoms with Crippen molar-refractivity contribution in [2.24, 2.45) is 5.92 Å². The van der Waals surface area contributed by atoms with E-state index in [2.05, 4.69) is 10.3 Å². The number of carbonyl (C=O) groups is 2.